The molecule has 0 spiro atoms. The highest BCUT2D eigenvalue weighted by Crippen LogP contribution is 1.92. The van der Waals surface area contributed by atoms with Crippen molar-refractivity contribution in [1.29, 1.82) is 0 Å². The summed E-state index contributed by atoms with van der Waals surface area (Å²) in [5.41, 5.74) is 0.170. The highest BCUT2D eigenvalue weighted by Gasteiger charge is 2.10. The average molecular weight is 167 g/mol. The minimum Gasteiger partial charge on any atom is -0.345 e. The van der Waals surface area contributed by atoms with Crippen LogP contribution in [0.5, 0.6) is 0 Å². The van der Waals surface area contributed by atoms with Gasteiger partial charge in [0.05, 0.1) is 0 Å². The van der Waals surface area contributed by atoms with Crippen LogP contribution >= 0.6 is 0 Å². The van der Waals surface area contributed by atoms with E-state index in [1.165, 1.54) is 6.20 Å². The Balaban J connectivity index is 2.55. The summed E-state index contributed by atoms with van der Waals surface area (Å²) in [5.74, 6) is -0.316. The molecule has 0 radical (unpaired) electrons. The van der Waals surface area contributed by atoms with Crippen molar-refractivity contribution in [2.75, 3.05) is 0 Å². The van der Waals surface area contributed by atoms with Crippen LogP contribution in [-0.4, -0.2) is 22.3 Å². The van der Waals surface area contributed by atoms with Crippen LogP contribution in [0.3, 0.4) is 0 Å². The van der Waals surface area contributed by atoms with Crippen molar-refractivity contribution in [1.82, 2.24) is 15.6 Å². The maximum atomic E-state index is 11.2. The molecule has 1 heterocycles. The van der Waals surface area contributed by atoms with E-state index in [0.29, 0.717) is 0 Å². The van der Waals surface area contributed by atoms with Crippen LogP contribution in [0.4, 0.5) is 0 Å². The molecule has 1 aromatic heterocycles. The lowest BCUT2D eigenvalue weighted by Gasteiger charge is -2.05. The van der Waals surface area contributed by atoms with Gasteiger partial charge in [-0.2, -0.15) is 0 Å². The molecule has 0 bridgehead atoms. The van der Waals surface area contributed by atoms with Gasteiger partial charge in [0, 0.05) is 6.04 Å². The summed E-state index contributed by atoms with van der Waals surface area (Å²) in [7, 11) is 0. The summed E-state index contributed by atoms with van der Waals surface area (Å²) in [6.07, 6.45) is 2.87. The van der Waals surface area contributed by atoms with Gasteiger partial charge in [0.2, 0.25) is 0 Å². The van der Waals surface area contributed by atoms with Crippen molar-refractivity contribution < 1.29 is 9.42 Å². The topological polar surface area (TPSA) is 68.0 Å². The molecule has 0 aromatic carbocycles. The highest BCUT2D eigenvalue weighted by atomic mass is 16.6. The maximum absolute atomic E-state index is 11.2. The summed E-state index contributed by atoms with van der Waals surface area (Å²) < 4.78 is 4.26. The molecule has 0 aliphatic carbocycles. The first kappa shape index (κ1) is 8.45. The molecule has 64 valence electrons. The summed E-state index contributed by atoms with van der Waals surface area (Å²) >= 11 is 0. The van der Waals surface area contributed by atoms with E-state index in [4.69, 9.17) is 0 Å². The normalized spacial score (nSPS) is 12.1. The van der Waals surface area contributed by atoms with E-state index in [2.05, 4.69) is 26.8 Å². The molecule has 1 unspecified atom stereocenters. The second-order valence-electron chi connectivity index (χ2n) is 2.29. The first-order valence-electron chi connectivity index (χ1n) is 3.45. The second-order valence-corrected chi connectivity index (χ2v) is 2.29. The number of hydrogen-bond acceptors (Lipinski definition) is 4. The van der Waals surface area contributed by atoms with Gasteiger partial charge in [-0.3, -0.25) is 4.79 Å². The van der Waals surface area contributed by atoms with Crippen molar-refractivity contribution in [2.24, 2.45) is 0 Å². The SMILES string of the molecule is C=CC(C)NC(=O)c1cnon1. The highest BCUT2D eigenvalue weighted by molar-refractivity contribution is 5.91. The van der Waals surface area contributed by atoms with Gasteiger partial charge in [-0.05, 0) is 12.1 Å². The molecular formula is C7H9N3O2. The molecular weight excluding hydrogens is 158 g/mol. The van der Waals surface area contributed by atoms with E-state index in [0.717, 1.165) is 0 Å². The number of carbonyl (C=O) groups excluding carboxylic acids is 1. The Labute approximate surface area is 69.4 Å². The van der Waals surface area contributed by atoms with E-state index in [-0.39, 0.29) is 17.6 Å². The summed E-state index contributed by atoms with van der Waals surface area (Å²) in [6.45, 7) is 5.32. The standard InChI is InChI=1S/C7H9N3O2/c1-3-5(2)9-7(11)6-4-8-12-10-6/h3-5H,1H2,2H3,(H,9,11). The fourth-order valence-electron chi connectivity index (χ4n) is 0.604. The smallest absolute Gasteiger partial charge is 0.275 e. The minimum absolute atomic E-state index is 0.0887. The Morgan fingerprint density at radius 3 is 3.17 bits per heavy atom. The predicted octanol–water partition coefficient (Wildman–Crippen LogP) is 0.374. The predicted molar refractivity (Wildman–Crippen MR) is 41.4 cm³/mol. The number of amides is 1. The van der Waals surface area contributed by atoms with Gasteiger partial charge in [-0.25, -0.2) is 4.63 Å². The molecule has 0 aliphatic rings. The number of aromatic nitrogens is 2. The molecule has 1 aromatic rings. The van der Waals surface area contributed by atoms with Gasteiger partial charge in [-0.15, -0.1) is 6.58 Å². The molecule has 1 atom stereocenters. The molecule has 0 fully saturated rings. The fourth-order valence-corrected chi connectivity index (χ4v) is 0.604. The van der Waals surface area contributed by atoms with Crippen molar-refractivity contribution in [3.63, 3.8) is 0 Å². The Bertz CT molecular complexity index is 268. The Morgan fingerprint density at radius 2 is 2.67 bits per heavy atom. The van der Waals surface area contributed by atoms with Crippen molar-refractivity contribution in [3.05, 3.63) is 24.5 Å². The fraction of sp³-hybridized carbons (Fsp3) is 0.286. The third-order valence-corrected chi connectivity index (χ3v) is 1.31. The molecule has 5 nitrogen and oxygen atoms in total. The Morgan fingerprint density at radius 1 is 1.92 bits per heavy atom. The summed E-state index contributed by atoms with van der Waals surface area (Å²) in [5, 5.41) is 9.29. The number of carbonyl (C=O) groups is 1. The number of rotatable bonds is 3. The molecule has 0 saturated heterocycles. The van der Waals surface area contributed by atoms with Gasteiger partial charge < -0.3 is 5.32 Å². The number of nitrogens with zero attached hydrogens (tertiary/aromatic N) is 2. The van der Waals surface area contributed by atoms with Crippen molar-refractivity contribution in [3.8, 4) is 0 Å². The molecule has 0 saturated carbocycles. The van der Waals surface area contributed by atoms with Crippen LogP contribution in [0.25, 0.3) is 0 Å². The van der Waals surface area contributed by atoms with E-state index < -0.39 is 0 Å². The Kier molecular flexibility index (Phi) is 2.57. The zero-order valence-electron chi connectivity index (χ0n) is 6.65. The number of nitrogens with one attached hydrogen (secondary N) is 1. The molecule has 1 rings (SSSR count). The summed E-state index contributed by atoms with van der Waals surface area (Å²) in [4.78, 5) is 11.2. The first-order valence-corrected chi connectivity index (χ1v) is 3.45. The zero-order chi connectivity index (χ0) is 8.97. The molecule has 5 heteroatoms. The second kappa shape index (κ2) is 3.66. The van der Waals surface area contributed by atoms with Gasteiger partial charge in [0.15, 0.2) is 5.69 Å². The van der Waals surface area contributed by atoms with Crippen LogP contribution in [0.15, 0.2) is 23.5 Å². The maximum Gasteiger partial charge on any atom is 0.275 e. The van der Waals surface area contributed by atoms with Crippen LogP contribution in [0, 0.1) is 0 Å². The van der Waals surface area contributed by atoms with Gasteiger partial charge in [-0.1, -0.05) is 11.2 Å². The van der Waals surface area contributed by atoms with Crippen molar-refractivity contribution in [2.45, 2.75) is 13.0 Å². The van der Waals surface area contributed by atoms with Gasteiger partial charge in [0.25, 0.3) is 5.91 Å². The lowest BCUT2D eigenvalue weighted by atomic mass is 10.3. The van der Waals surface area contributed by atoms with E-state index in [1.807, 2.05) is 0 Å². The Hall–Kier alpha value is -1.65. The van der Waals surface area contributed by atoms with E-state index in [1.54, 1.807) is 13.0 Å². The van der Waals surface area contributed by atoms with Gasteiger partial charge >= 0.3 is 0 Å². The summed E-state index contributed by atoms with van der Waals surface area (Å²) in [6, 6.07) is -0.0887. The quantitative estimate of drug-likeness (QED) is 0.660. The lowest BCUT2D eigenvalue weighted by Crippen LogP contribution is -2.31. The largest absolute Gasteiger partial charge is 0.345 e. The molecule has 12 heavy (non-hydrogen) atoms. The van der Waals surface area contributed by atoms with Crippen molar-refractivity contribution >= 4 is 5.91 Å². The third-order valence-electron chi connectivity index (χ3n) is 1.31. The molecule has 1 N–H and O–H groups in total. The number of hydrogen-bond donors (Lipinski definition) is 1. The van der Waals surface area contributed by atoms with E-state index in [9.17, 15) is 4.79 Å². The van der Waals surface area contributed by atoms with Crippen LogP contribution in [0.1, 0.15) is 17.4 Å². The minimum atomic E-state index is -0.316. The zero-order valence-corrected chi connectivity index (χ0v) is 6.65. The molecule has 0 aliphatic heterocycles. The van der Waals surface area contributed by atoms with Crippen LogP contribution in [-0.2, 0) is 0 Å². The van der Waals surface area contributed by atoms with Crippen LogP contribution < -0.4 is 5.32 Å². The van der Waals surface area contributed by atoms with Gasteiger partial charge in [0.1, 0.15) is 6.20 Å². The average Bonchev–Trinajstić information content (AvgIpc) is 2.56. The molecule has 1 amide bonds. The third kappa shape index (κ3) is 1.91. The first-order chi connectivity index (χ1) is 5.74. The van der Waals surface area contributed by atoms with E-state index >= 15 is 0 Å². The van der Waals surface area contributed by atoms with Crippen LogP contribution in [0.2, 0.25) is 0 Å². The monoisotopic (exact) mass is 167 g/mol. The lowest BCUT2D eigenvalue weighted by molar-refractivity contribution is 0.0937.